The summed E-state index contributed by atoms with van der Waals surface area (Å²) < 4.78 is 4.83. The van der Waals surface area contributed by atoms with Crippen molar-refractivity contribution < 1.29 is 14.6 Å². The van der Waals surface area contributed by atoms with Gasteiger partial charge in [0.2, 0.25) is 0 Å². The van der Waals surface area contributed by atoms with Crippen LogP contribution in [0.5, 0.6) is 11.5 Å². The van der Waals surface area contributed by atoms with Crippen molar-refractivity contribution in [2.24, 2.45) is 11.7 Å². The Balaban J connectivity index is 0.00000289. The zero-order valence-corrected chi connectivity index (χ0v) is 11.7. The van der Waals surface area contributed by atoms with Crippen molar-refractivity contribution in [1.29, 1.82) is 0 Å². The molecule has 18 heavy (non-hydrogen) atoms. The number of aromatic hydroxyl groups is 1. The summed E-state index contributed by atoms with van der Waals surface area (Å²) in [4.78, 5) is 10.8. The van der Waals surface area contributed by atoms with Crippen LogP contribution in [0.4, 0.5) is 0 Å². The molecule has 0 spiro atoms. The molecule has 0 amide bonds. The number of rotatable bonds is 4. The minimum atomic E-state index is -0.459. The van der Waals surface area contributed by atoms with Crippen LogP contribution in [0, 0.1) is 5.92 Å². The van der Waals surface area contributed by atoms with E-state index in [1.807, 2.05) is 0 Å². The highest BCUT2D eigenvalue weighted by molar-refractivity contribution is 5.85. The van der Waals surface area contributed by atoms with E-state index in [0.29, 0.717) is 5.92 Å². The topological polar surface area (TPSA) is 72.5 Å². The maximum Gasteiger partial charge on any atom is 0.308 e. The molecule has 1 aromatic carbocycles. The van der Waals surface area contributed by atoms with Crippen LogP contribution in [0.1, 0.15) is 38.8 Å². The Labute approximate surface area is 114 Å². The van der Waals surface area contributed by atoms with Crippen LogP contribution in [-0.4, -0.2) is 11.1 Å². The average molecular weight is 274 g/mol. The molecule has 0 aromatic heterocycles. The van der Waals surface area contributed by atoms with E-state index < -0.39 is 5.97 Å². The van der Waals surface area contributed by atoms with E-state index in [2.05, 4.69) is 13.8 Å². The zero-order chi connectivity index (χ0) is 13.0. The third kappa shape index (κ3) is 4.94. The largest absolute Gasteiger partial charge is 0.504 e. The second-order valence-electron chi connectivity index (χ2n) is 4.56. The van der Waals surface area contributed by atoms with Gasteiger partial charge < -0.3 is 15.6 Å². The van der Waals surface area contributed by atoms with Crippen molar-refractivity contribution in [2.75, 3.05) is 0 Å². The number of benzene rings is 1. The van der Waals surface area contributed by atoms with Gasteiger partial charge in [0, 0.05) is 13.0 Å². The van der Waals surface area contributed by atoms with Gasteiger partial charge in [-0.1, -0.05) is 19.9 Å². The van der Waals surface area contributed by atoms with Gasteiger partial charge in [0.15, 0.2) is 11.5 Å². The molecular weight excluding hydrogens is 254 g/mol. The van der Waals surface area contributed by atoms with Crippen molar-refractivity contribution in [2.45, 2.75) is 33.2 Å². The molecule has 102 valence electrons. The number of phenols is 1. The van der Waals surface area contributed by atoms with Crippen LogP contribution >= 0.6 is 12.4 Å². The lowest BCUT2D eigenvalue weighted by Crippen LogP contribution is -2.13. The lowest BCUT2D eigenvalue weighted by atomic mass is 9.97. The molecule has 0 aliphatic carbocycles. The number of hydrogen-bond acceptors (Lipinski definition) is 4. The van der Waals surface area contributed by atoms with Gasteiger partial charge in [0.05, 0.1) is 0 Å². The van der Waals surface area contributed by atoms with Gasteiger partial charge in [0.1, 0.15) is 0 Å². The fourth-order valence-electron chi connectivity index (χ4n) is 1.65. The second-order valence-corrected chi connectivity index (χ2v) is 4.56. The number of hydrogen-bond donors (Lipinski definition) is 2. The van der Waals surface area contributed by atoms with E-state index in [9.17, 15) is 9.90 Å². The van der Waals surface area contributed by atoms with Crippen LogP contribution in [0.3, 0.4) is 0 Å². The molecule has 0 bridgehead atoms. The molecule has 0 fully saturated rings. The number of halogens is 1. The van der Waals surface area contributed by atoms with Gasteiger partial charge in [-0.15, -0.1) is 12.4 Å². The van der Waals surface area contributed by atoms with Crippen molar-refractivity contribution in [1.82, 2.24) is 0 Å². The minimum Gasteiger partial charge on any atom is -0.504 e. The number of carbonyl (C=O) groups is 1. The summed E-state index contributed by atoms with van der Waals surface area (Å²) >= 11 is 0. The first kappa shape index (κ1) is 16.7. The highest BCUT2D eigenvalue weighted by atomic mass is 35.5. The quantitative estimate of drug-likeness (QED) is 0.654. The Morgan fingerprint density at radius 3 is 2.50 bits per heavy atom. The SMILES string of the molecule is CC(=O)Oc1ccc([C@@H](N)CC(C)C)cc1O.Cl. The highest BCUT2D eigenvalue weighted by Gasteiger charge is 2.12. The predicted molar refractivity (Wildman–Crippen MR) is 73.0 cm³/mol. The Kier molecular flexibility index (Phi) is 6.73. The number of nitrogens with two attached hydrogens (primary N) is 1. The second kappa shape index (κ2) is 7.24. The molecule has 0 unspecified atom stereocenters. The number of esters is 1. The smallest absolute Gasteiger partial charge is 0.308 e. The Bertz CT molecular complexity index is 407. The predicted octanol–water partition coefficient (Wildman–Crippen LogP) is 2.79. The lowest BCUT2D eigenvalue weighted by Gasteiger charge is -2.15. The third-order valence-corrected chi connectivity index (χ3v) is 2.39. The molecule has 0 aliphatic heterocycles. The summed E-state index contributed by atoms with van der Waals surface area (Å²) in [6.07, 6.45) is 0.840. The Morgan fingerprint density at radius 1 is 1.44 bits per heavy atom. The van der Waals surface area contributed by atoms with E-state index in [4.69, 9.17) is 10.5 Å². The number of carbonyl (C=O) groups excluding carboxylic acids is 1. The Hall–Kier alpha value is -1.26. The molecule has 0 radical (unpaired) electrons. The van der Waals surface area contributed by atoms with Crippen LogP contribution in [-0.2, 0) is 4.79 Å². The molecule has 4 nitrogen and oxygen atoms in total. The van der Waals surface area contributed by atoms with Crippen molar-refractivity contribution >= 4 is 18.4 Å². The van der Waals surface area contributed by atoms with Gasteiger partial charge in [-0.2, -0.15) is 0 Å². The van der Waals surface area contributed by atoms with Crippen LogP contribution < -0.4 is 10.5 Å². The maximum atomic E-state index is 10.8. The number of phenolic OH excluding ortho intramolecular Hbond substituents is 1. The molecule has 0 heterocycles. The maximum absolute atomic E-state index is 10.8. The first-order valence-electron chi connectivity index (χ1n) is 5.67. The van der Waals surface area contributed by atoms with Gasteiger partial charge in [-0.05, 0) is 30.0 Å². The fraction of sp³-hybridized carbons (Fsp3) is 0.462. The zero-order valence-electron chi connectivity index (χ0n) is 10.8. The van der Waals surface area contributed by atoms with E-state index in [-0.39, 0.29) is 29.9 Å². The summed E-state index contributed by atoms with van der Waals surface area (Å²) in [5.74, 6) is 0.134. The summed E-state index contributed by atoms with van der Waals surface area (Å²) in [7, 11) is 0. The van der Waals surface area contributed by atoms with E-state index >= 15 is 0 Å². The van der Waals surface area contributed by atoms with Gasteiger partial charge >= 0.3 is 5.97 Å². The monoisotopic (exact) mass is 273 g/mol. The van der Waals surface area contributed by atoms with Crippen LogP contribution in [0.15, 0.2) is 18.2 Å². The fourth-order valence-corrected chi connectivity index (χ4v) is 1.65. The van der Waals surface area contributed by atoms with E-state index in [1.165, 1.54) is 6.92 Å². The van der Waals surface area contributed by atoms with E-state index in [1.54, 1.807) is 18.2 Å². The Morgan fingerprint density at radius 2 is 2.06 bits per heavy atom. The van der Waals surface area contributed by atoms with Crippen molar-refractivity contribution in [3.05, 3.63) is 23.8 Å². The average Bonchev–Trinajstić information content (AvgIpc) is 2.19. The molecule has 1 aromatic rings. The highest BCUT2D eigenvalue weighted by Crippen LogP contribution is 2.30. The molecular formula is C13H20ClNO3. The van der Waals surface area contributed by atoms with Gasteiger partial charge in [-0.25, -0.2) is 0 Å². The summed E-state index contributed by atoms with van der Waals surface area (Å²) in [6.45, 7) is 5.47. The molecule has 0 saturated carbocycles. The minimum absolute atomic E-state index is 0. The number of ether oxygens (including phenoxy) is 1. The molecule has 3 N–H and O–H groups in total. The molecule has 1 atom stereocenters. The van der Waals surface area contributed by atoms with E-state index in [0.717, 1.165) is 12.0 Å². The summed E-state index contributed by atoms with van der Waals surface area (Å²) in [6, 6.07) is 4.76. The standard InChI is InChI=1S/C13H19NO3.ClH/c1-8(2)6-11(14)10-4-5-13(12(16)7-10)17-9(3)15;/h4-5,7-8,11,16H,6,14H2,1-3H3;1H/t11-;/m0./s1. The summed E-state index contributed by atoms with van der Waals surface area (Å²) in [5, 5.41) is 9.69. The lowest BCUT2D eigenvalue weighted by molar-refractivity contribution is -0.132. The van der Waals surface area contributed by atoms with Crippen molar-refractivity contribution in [3.63, 3.8) is 0 Å². The first-order valence-corrected chi connectivity index (χ1v) is 5.67. The molecule has 0 saturated heterocycles. The van der Waals surface area contributed by atoms with Crippen LogP contribution in [0.2, 0.25) is 0 Å². The van der Waals surface area contributed by atoms with Crippen molar-refractivity contribution in [3.8, 4) is 11.5 Å². The van der Waals surface area contributed by atoms with Crippen LogP contribution in [0.25, 0.3) is 0 Å². The van der Waals surface area contributed by atoms with Gasteiger partial charge in [0.25, 0.3) is 0 Å². The summed E-state index contributed by atoms with van der Waals surface area (Å²) in [5.41, 5.74) is 6.84. The first-order chi connectivity index (χ1) is 7.90. The van der Waals surface area contributed by atoms with Gasteiger partial charge in [-0.3, -0.25) is 4.79 Å². The molecule has 0 aliphatic rings. The molecule has 5 heteroatoms. The normalized spacial score (nSPS) is 11.8. The third-order valence-electron chi connectivity index (χ3n) is 2.39. The molecule has 1 rings (SSSR count).